The van der Waals surface area contributed by atoms with Crippen LogP contribution < -0.4 is 0 Å². The Balaban J connectivity index is 1.80. The van der Waals surface area contributed by atoms with Crippen LogP contribution in [-0.2, 0) is 7.05 Å². The zero-order chi connectivity index (χ0) is 9.54. The second kappa shape index (κ2) is 3.02. The monoisotopic (exact) mass is 193 g/mol. The molecule has 3 heterocycles. The van der Waals surface area contributed by atoms with E-state index in [1.54, 1.807) is 4.80 Å². The van der Waals surface area contributed by atoms with Gasteiger partial charge in [-0.3, -0.25) is 0 Å². The summed E-state index contributed by atoms with van der Waals surface area (Å²) in [7, 11) is 1.83. The van der Waals surface area contributed by atoms with Gasteiger partial charge in [0.05, 0.1) is 7.05 Å². The largest absolute Gasteiger partial charge is 0.302 e. The molecule has 2 fully saturated rings. The summed E-state index contributed by atoms with van der Waals surface area (Å²) in [4.78, 5) is 4.08. The van der Waals surface area contributed by atoms with Gasteiger partial charge in [-0.2, -0.15) is 4.80 Å². The lowest BCUT2D eigenvalue weighted by molar-refractivity contribution is 0.238. The Morgan fingerprint density at radius 1 is 1.36 bits per heavy atom. The molecule has 3 unspecified atom stereocenters. The first-order valence-corrected chi connectivity index (χ1v) is 5.27. The first kappa shape index (κ1) is 8.35. The van der Waals surface area contributed by atoms with E-state index >= 15 is 0 Å². The molecular weight excluding hydrogens is 178 g/mol. The molecule has 1 aromatic rings. The van der Waals surface area contributed by atoms with E-state index in [9.17, 15) is 0 Å². The summed E-state index contributed by atoms with van der Waals surface area (Å²) in [5.74, 6) is 2.33. The molecule has 0 aliphatic carbocycles. The van der Waals surface area contributed by atoms with Crippen molar-refractivity contribution in [2.24, 2.45) is 13.0 Å². The van der Waals surface area contributed by atoms with Crippen LogP contribution in [0.4, 0.5) is 0 Å². The summed E-state index contributed by atoms with van der Waals surface area (Å²) in [5, 5.41) is 12.3. The molecule has 0 aromatic carbocycles. The van der Waals surface area contributed by atoms with E-state index in [2.05, 4.69) is 20.3 Å². The molecule has 0 spiro atoms. The number of aryl methyl sites for hydroxylation is 1. The van der Waals surface area contributed by atoms with E-state index in [-0.39, 0.29) is 0 Å². The van der Waals surface area contributed by atoms with Gasteiger partial charge in [-0.1, -0.05) is 0 Å². The highest BCUT2D eigenvalue weighted by atomic mass is 15.6. The van der Waals surface area contributed by atoms with Crippen molar-refractivity contribution in [3.8, 4) is 0 Å². The molecule has 2 saturated heterocycles. The molecule has 0 N–H and O–H groups in total. The fraction of sp³-hybridized carbons (Fsp3) is 0.889. The predicted octanol–water partition coefficient (Wildman–Crippen LogP) is 0.0193. The van der Waals surface area contributed by atoms with Gasteiger partial charge in [0.25, 0.3) is 0 Å². The molecule has 0 amide bonds. The van der Waals surface area contributed by atoms with E-state index in [4.69, 9.17) is 0 Å². The van der Waals surface area contributed by atoms with Crippen LogP contribution in [0, 0.1) is 5.92 Å². The van der Waals surface area contributed by atoms with Gasteiger partial charge in [0.15, 0.2) is 5.82 Å². The van der Waals surface area contributed by atoms with Crippen molar-refractivity contribution in [3.63, 3.8) is 0 Å². The Morgan fingerprint density at radius 2 is 2.29 bits per heavy atom. The van der Waals surface area contributed by atoms with Crippen LogP contribution >= 0.6 is 0 Å². The van der Waals surface area contributed by atoms with E-state index < -0.39 is 0 Å². The summed E-state index contributed by atoms with van der Waals surface area (Å²) in [5.41, 5.74) is 0. The quantitative estimate of drug-likeness (QED) is 0.631. The maximum atomic E-state index is 4.30. The second-order valence-electron chi connectivity index (χ2n) is 4.48. The molecule has 2 bridgehead atoms. The van der Waals surface area contributed by atoms with Crippen molar-refractivity contribution in [1.29, 1.82) is 0 Å². The van der Waals surface area contributed by atoms with Crippen molar-refractivity contribution in [3.05, 3.63) is 5.82 Å². The molecule has 2 aliphatic heterocycles. The molecule has 3 rings (SSSR count). The van der Waals surface area contributed by atoms with Crippen LogP contribution in [0.1, 0.15) is 24.6 Å². The van der Waals surface area contributed by atoms with Crippen LogP contribution in [0.15, 0.2) is 0 Å². The lowest BCUT2D eigenvalue weighted by atomic mass is 9.91. The van der Waals surface area contributed by atoms with Crippen molar-refractivity contribution in [2.45, 2.75) is 18.8 Å². The van der Waals surface area contributed by atoms with Crippen LogP contribution in [0.2, 0.25) is 0 Å². The third kappa shape index (κ3) is 1.32. The van der Waals surface area contributed by atoms with Crippen LogP contribution in [0.5, 0.6) is 0 Å². The number of nitrogens with zero attached hydrogens (tertiary/aromatic N) is 5. The van der Waals surface area contributed by atoms with Crippen molar-refractivity contribution >= 4 is 0 Å². The first-order chi connectivity index (χ1) is 6.81. The molecule has 14 heavy (non-hydrogen) atoms. The number of rotatable bonds is 1. The first-order valence-electron chi connectivity index (χ1n) is 5.27. The maximum Gasteiger partial charge on any atom is 0.179 e. The van der Waals surface area contributed by atoms with Gasteiger partial charge in [0, 0.05) is 19.0 Å². The Morgan fingerprint density at radius 3 is 3.00 bits per heavy atom. The molecule has 3 atom stereocenters. The summed E-state index contributed by atoms with van der Waals surface area (Å²) in [6, 6.07) is 0. The average molecular weight is 193 g/mol. The van der Waals surface area contributed by atoms with E-state index in [0.717, 1.165) is 18.3 Å². The molecule has 2 aliphatic rings. The minimum absolute atomic E-state index is 0.518. The SMILES string of the molecule is Cn1nnc(C2CC3CCN(C3)C2)n1. The number of hydrogen-bond acceptors (Lipinski definition) is 4. The van der Waals surface area contributed by atoms with Crippen molar-refractivity contribution in [2.75, 3.05) is 19.6 Å². The highest BCUT2D eigenvalue weighted by molar-refractivity contribution is 4.99. The van der Waals surface area contributed by atoms with Crippen molar-refractivity contribution < 1.29 is 0 Å². The minimum Gasteiger partial charge on any atom is -0.302 e. The lowest BCUT2D eigenvalue weighted by Crippen LogP contribution is -2.32. The van der Waals surface area contributed by atoms with Crippen LogP contribution in [-0.4, -0.2) is 44.7 Å². The maximum absolute atomic E-state index is 4.30. The second-order valence-corrected chi connectivity index (χ2v) is 4.48. The van der Waals surface area contributed by atoms with Crippen LogP contribution in [0.25, 0.3) is 0 Å². The van der Waals surface area contributed by atoms with Gasteiger partial charge < -0.3 is 4.90 Å². The standard InChI is InChI=1S/C9H15N5/c1-13-11-9(10-12-13)8-4-7-2-3-14(5-7)6-8/h7-8H,2-6H2,1H3. The molecule has 0 radical (unpaired) electrons. The third-order valence-corrected chi connectivity index (χ3v) is 3.36. The van der Waals surface area contributed by atoms with Gasteiger partial charge in [-0.05, 0) is 30.5 Å². The molecular formula is C9H15N5. The fourth-order valence-corrected chi connectivity index (χ4v) is 2.71. The predicted molar refractivity (Wildman–Crippen MR) is 50.7 cm³/mol. The highest BCUT2D eigenvalue weighted by Crippen LogP contribution is 2.34. The zero-order valence-corrected chi connectivity index (χ0v) is 8.43. The Hall–Kier alpha value is -0.970. The van der Waals surface area contributed by atoms with Gasteiger partial charge in [-0.15, -0.1) is 10.2 Å². The van der Waals surface area contributed by atoms with E-state index in [0.29, 0.717) is 5.92 Å². The number of piperidine rings is 1. The molecule has 0 saturated carbocycles. The summed E-state index contributed by atoms with van der Waals surface area (Å²) in [6.45, 7) is 3.68. The van der Waals surface area contributed by atoms with E-state index in [1.807, 2.05) is 7.05 Å². The highest BCUT2D eigenvalue weighted by Gasteiger charge is 2.34. The minimum atomic E-state index is 0.518. The Labute approximate surface area is 83.1 Å². The summed E-state index contributed by atoms with van der Waals surface area (Å²) >= 11 is 0. The molecule has 76 valence electrons. The summed E-state index contributed by atoms with van der Waals surface area (Å²) in [6.07, 6.45) is 2.61. The molecule has 5 nitrogen and oxygen atoms in total. The number of hydrogen-bond donors (Lipinski definition) is 0. The third-order valence-electron chi connectivity index (χ3n) is 3.36. The number of tetrazole rings is 1. The summed E-state index contributed by atoms with van der Waals surface area (Å²) < 4.78 is 0. The van der Waals surface area contributed by atoms with Gasteiger partial charge in [0.1, 0.15) is 0 Å². The average Bonchev–Trinajstić information content (AvgIpc) is 2.73. The Kier molecular flexibility index (Phi) is 1.80. The Bertz CT molecular complexity index is 322. The van der Waals surface area contributed by atoms with Crippen LogP contribution in [0.3, 0.4) is 0 Å². The number of fused-ring (bicyclic) bond motifs is 2. The van der Waals surface area contributed by atoms with Gasteiger partial charge in [-0.25, -0.2) is 0 Å². The molecule has 5 heteroatoms. The smallest absolute Gasteiger partial charge is 0.179 e. The molecule has 1 aromatic heterocycles. The number of aromatic nitrogens is 4. The fourth-order valence-electron chi connectivity index (χ4n) is 2.71. The topological polar surface area (TPSA) is 46.8 Å². The zero-order valence-electron chi connectivity index (χ0n) is 8.43. The van der Waals surface area contributed by atoms with Gasteiger partial charge >= 0.3 is 0 Å². The van der Waals surface area contributed by atoms with E-state index in [1.165, 1.54) is 25.9 Å². The van der Waals surface area contributed by atoms with Gasteiger partial charge in [0.2, 0.25) is 0 Å². The van der Waals surface area contributed by atoms with Crippen molar-refractivity contribution in [1.82, 2.24) is 25.1 Å². The normalized spacial score (nSPS) is 36.2. The lowest BCUT2D eigenvalue weighted by Gasteiger charge is -2.27.